The predicted molar refractivity (Wildman–Crippen MR) is 75.7 cm³/mol. The molecule has 0 bridgehead atoms. The van der Waals surface area contributed by atoms with E-state index in [9.17, 15) is 12.8 Å². The summed E-state index contributed by atoms with van der Waals surface area (Å²) in [5, 5.41) is 3.71. The van der Waals surface area contributed by atoms with Crippen molar-refractivity contribution in [3.05, 3.63) is 41.6 Å². The number of hydrogen-bond acceptors (Lipinski definition) is 4. The Bertz CT molecular complexity index is 728. The maximum Gasteiger partial charge on any atom is 0.261 e. The third-order valence-electron chi connectivity index (χ3n) is 2.92. The van der Waals surface area contributed by atoms with E-state index in [1.807, 2.05) is 24.6 Å². The molecule has 0 unspecified atom stereocenters. The van der Waals surface area contributed by atoms with Gasteiger partial charge in [-0.25, -0.2) is 22.5 Å². The van der Waals surface area contributed by atoms with Crippen molar-refractivity contribution < 1.29 is 12.8 Å². The van der Waals surface area contributed by atoms with Crippen LogP contribution in [-0.2, 0) is 16.6 Å². The van der Waals surface area contributed by atoms with Crippen LogP contribution in [0.15, 0.2) is 29.4 Å². The Labute approximate surface area is 123 Å². The lowest BCUT2D eigenvalue weighted by Crippen LogP contribution is -2.27. The maximum atomic E-state index is 13.4. The summed E-state index contributed by atoms with van der Waals surface area (Å²) in [7, 11) is -3.92. The van der Waals surface area contributed by atoms with Crippen LogP contribution in [0.3, 0.4) is 0 Å². The lowest BCUT2D eigenvalue weighted by atomic mass is 10.4. The van der Waals surface area contributed by atoms with Crippen molar-refractivity contribution >= 4 is 10.0 Å². The molecule has 0 aliphatic rings. The Balaban J connectivity index is 1.91. The standard InChI is InChI=1S/C13H17FN4O2S/c1-10-9-11(2)18(17-10)8-4-7-16-21(19,20)13-12(14)5-3-6-15-13/h3,5-6,9,16H,4,7-8H2,1-2H3. The summed E-state index contributed by atoms with van der Waals surface area (Å²) >= 11 is 0. The molecule has 2 rings (SSSR count). The van der Waals surface area contributed by atoms with E-state index in [1.165, 1.54) is 12.3 Å². The van der Waals surface area contributed by atoms with E-state index in [2.05, 4.69) is 14.8 Å². The average Bonchev–Trinajstić information content (AvgIpc) is 2.73. The van der Waals surface area contributed by atoms with E-state index >= 15 is 0 Å². The normalized spacial score (nSPS) is 11.8. The van der Waals surface area contributed by atoms with Gasteiger partial charge < -0.3 is 0 Å². The number of aryl methyl sites for hydroxylation is 3. The van der Waals surface area contributed by atoms with Gasteiger partial charge in [0.25, 0.3) is 10.0 Å². The predicted octanol–water partition coefficient (Wildman–Crippen LogP) is 1.40. The molecular weight excluding hydrogens is 295 g/mol. The largest absolute Gasteiger partial charge is 0.270 e. The molecule has 0 atom stereocenters. The Kier molecular flexibility index (Phi) is 4.69. The summed E-state index contributed by atoms with van der Waals surface area (Å²) in [6.45, 7) is 4.62. The first-order chi connectivity index (χ1) is 9.90. The van der Waals surface area contributed by atoms with Crippen LogP contribution >= 0.6 is 0 Å². The highest BCUT2D eigenvalue weighted by molar-refractivity contribution is 7.89. The second-order valence-corrected chi connectivity index (χ2v) is 6.37. The van der Waals surface area contributed by atoms with Crippen molar-refractivity contribution in [1.82, 2.24) is 19.5 Å². The molecule has 0 aliphatic carbocycles. The minimum absolute atomic E-state index is 0.191. The highest BCUT2D eigenvalue weighted by atomic mass is 32.2. The monoisotopic (exact) mass is 312 g/mol. The molecule has 0 saturated carbocycles. The van der Waals surface area contributed by atoms with E-state index in [0.29, 0.717) is 13.0 Å². The van der Waals surface area contributed by atoms with Crippen molar-refractivity contribution in [2.75, 3.05) is 6.54 Å². The van der Waals surface area contributed by atoms with E-state index in [1.54, 1.807) is 0 Å². The summed E-state index contributed by atoms with van der Waals surface area (Å²) in [5.74, 6) is -0.858. The first-order valence-corrected chi connectivity index (χ1v) is 8.00. The van der Waals surface area contributed by atoms with Gasteiger partial charge in [0.15, 0.2) is 5.82 Å². The summed E-state index contributed by atoms with van der Waals surface area (Å²) in [6.07, 6.45) is 1.79. The topological polar surface area (TPSA) is 76.9 Å². The Morgan fingerprint density at radius 2 is 2.14 bits per heavy atom. The van der Waals surface area contributed by atoms with Gasteiger partial charge >= 0.3 is 0 Å². The van der Waals surface area contributed by atoms with E-state index in [0.717, 1.165) is 17.5 Å². The fourth-order valence-corrected chi connectivity index (χ4v) is 3.05. The van der Waals surface area contributed by atoms with Gasteiger partial charge in [-0.3, -0.25) is 4.68 Å². The Morgan fingerprint density at radius 3 is 2.76 bits per heavy atom. The van der Waals surface area contributed by atoms with Crippen LogP contribution in [0.1, 0.15) is 17.8 Å². The van der Waals surface area contributed by atoms with E-state index in [4.69, 9.17) is 0 Å². The third-order valence-corrected chi connectivity index (χ3v) is 4.32. The van der Waals surface area contributed by atoms with Crippen LogP contribution < -0.4 is 4.72 Å². The molecule has 0 fully saturated rings. The van der Waals surface area contributed by atoms with Gasteiger partial charge in [0.2, 0.25) is 5.03 Å². The second kappa shape index (κ2) is 6.31. The molecule has 2 heterocycles. The zero-order valence-corrected chi connectivity index (χ0v) is 12.7. The highest BCUT2D eigenvalue weighted by Crippen LogP contribution is 2.09. The maximum absolute atomic E-state index is 13.4. The van der Waals surface area contributed by atoms with Crippen LogP contribution in [0.4, 0.5) is 4.39 Å². The van der Waals surface area contributed by atoms with Crippen LogP contribution in [0.2, 0.25) is 0 Å². The molecule has 6 nitrogen and oxygen atoms in total. The summed E-state index contributed by atoms with van der Waals surface area (Å²) in [4.78, 5) is 3.56. The van der Waals surface area contributed by atoms with Gasteiger partial charge in [-0.1, -0.05) is 0 Å². The SMILES string of the molecule is Cc1cc(C)n(CCCNS(=O)(=O)c2ncccc2F)n1. The average molecular weight is 312 g/mol. The zero-order chi connectivity index (χ0) is 15.5. The fraction of sp³-hybridized carbons (Fsp3) is 0.385. The van der Waals surface area contributed by atoms with Gasteiger partial charge in [-0.2, -0.15) is 5.10 Å². The van der Waals surface area contributed by atoms with E-state index < -0.39 is 20.9 Å². The Morgan fingerprint density at radius 1 is 1.38 bits per heavy atom. The summed E-state index contributed by atoms with van der Waals surface area (Å²) in [6, 6.07) is 4.36. The minimum atomic E-state index is -3.92. The number of halogens is 1. The molecule has 2 aromatic rings. The molecule has 1 N–H and O–H groups in total. The van der Waals surface area contributed by atoms with Crippen molar-refractivity contribution in [2.24, 2.45) is 0 Å². The number of nitrogens with zero attached hydrogens (tertiary/aromatic N) is 3. The molecule has 0 amide bonds. The van der Waals surface area contributed by atoms with Crippen molar-refractivity contribution in [2.45, 2.75) is 31.8 Å². The second-order valence-electron chi connectivity index (χ2n) is 4.69. The molecular formula is C13H17FN4O2S. The van der Waals surface area contributed by atoms with Crippen LogP contribution in [0.5, 0.6) is 0 Å². The van der Waals surface area contributed by atoms with Crippen LogP contribution in [0.25, 0.3) is 0 Å². The summed E-state index contributed by atoms with van der Waals surface area (Å²) < 4.78 is 41.4. The number of pyridine rings is 1. The van der Waals surface area contributed by atoms with Gasteiger partial charge in [0, 0.05) is 25.0 Å². The molecule has 0 aromatic carbocycles. The number of rotatable bonds is 6. The number of nitrogens with one attached hydrogen (secondary N) is 1. The first kappa shape index (κ1) is 15.6. The van der Waals surface area contributed by atoms with Crippen molar-refractivity contribution in [3.8, 4) is 0 Å². The molecule has 114 valence electrons. The Hall–Kier alpha value is -1.80. The van der Waals surface area contributed by atoms with E-state index in [-0.39, 0.29) is 6.54 Å². The minimum Gasteiger partial charge on any atom is -0.270 e. The van der Waals surface area contributed by atoms with Crippen LogP contribution in [-0.4, -0.2) is 29.7 Å². The van der Waals surface area contributed by atoms with Gasteiger partial charge in [0.1, 0.15) is 0 Å². The number of hydrogen-bond donors (Lipinski definition) is 1. The number of aromatic nitrogens is 3. The molecule has 0 radical (unpaired) electrons. The van der Waals surface area contributed by atoms with Crippen molar-refractivity contribution in [1.29, 1.82) is 0 Å². The van der Waals surface area contributed by atoms with Gasteiger partial charge in [-0.05, 0) is 38.5 Å². The third kappa shape index (κ3) is 3.85. The molecule has 0 saturated heterocycles. The van der Waals surface area contributed by atoms with Gasteiger partial charge in [0.05, 0.1) is 5.69 Å². The molecule has 0 aliphatic heterocycles. The molecule has 2 aromatic heterocycles. The molecule has 21 heavy (non-hydrogen) atoms. The number of sulfonamides is 1. The lowest BCUT2D eigenvalue weighted by Gasteiger charge is -2.07. The molecule has 8 heteroatoms. The smallest absolute Gasteiger partial charge is 0.261 e. The fourth-order valence-electron chi connectivity index (χ4n) is 1.97. The van der Waals surface area contributed by atoms with Crippen LogP contribution in [0, 0.1) is 19.7 Å². The quantitative estimate of drug-likeness (QED) is 0.818. The molecule has 0 spiro atoms. The van der Waals surface area contributed by atoms with Crippen molar-refractivity contribution in [3.63, 3.8) is 0 Å². The van der Waals surface area contributed by atoms with Gasteiger partial charge in [-0.15, -0.1) is 0 Å². The lowest BCUT2D eigenvalue weighted by molar-refractivity contribution is 0.530. The highest BCUT2D eigenvalue weighted by Gasteiger charge is 2.19. The first-order valence-electron chi connectivity index (χ1n) is 6.51. The zero-order valence-electron chi connectivity index (χ0n) is 11.9. The summed E-state index contributed by atoms with van der Waals surface area (Å²) in [5.41, 5.74) is 1.94.